The van der Waals surface area contributed by atoms with Crippen molar-refractivity contribution >= 4 is 17.9 Å². The van der Waals surface area contributed by atoms with Gasteiger partial charge < -0.3 is 35.7 Å². The van der Waals surface area contributed by atoms with Gasteiger partial charge in [0, 0.05) is 0 Å². The molecule has 0 aliphatic heterocycles. The molecule has 1 unspecified atom stereocenters. The number of aliphatic hydroxyl groups is 3. The molecular weight excluding hydrogens is 424 g/mol. The Labute approximate surface area is 180 Å². The maximum absolute atomic E-state index is 11.9. The highest BCUT2D eigenvalue weighted by molar-refractivity contribution is 6.03. The normalized spacial score (nSPS) is 18.3. The smallest absolute Gasteiger partial charge is 0.339 e. The van der Waals surface area contributed by atoms with Gasteiger partial charge in [0.1, 0.15) is 16.9 Å². The fourth-order valence-corrected chi connectivity index (χ4v) is 3.59. The van der Waals surface area contributed by atoms with Gasteiger partial charge in [-0.05, 0) is 41.0 Å². The molecule has 0 heterocycles. The van der Waals surface area contributed by atoms with Gasteiger partial charge in [0.2, 0.25) is 11.2 Å². The summed E-state index contributed by atoms with van der Waals surface area (Å²) in [6.07, 6.45) is 1.94. The molecule has 0 amide bonds. The van der Waals surface area contributed by atoms with E-state index in [2.05, 4.69) is 0 Å². The quantitative estimate of drug-likeness (QED) is 0.247. The molecular formula is C22H18O10. The molecule has 10 heteroatoms. The van der Waals surface area contributed by atoms with Gasteiger partial charge in [0.25, 0.3) is 0 Å². The Morgan fingerprint density at radius 3 is 1.97 bits per heavy atom. The highest BCUT2D eigenvalue weighted by atomic mass is 16.5. The van der Waals surface area contributed by atoms with Crippen molar-refractivity contribution in [3.05, 3.63) is 89.0 Å². The fraction of sp³-hybridized carbons (Fsp3) is 0.136. The summed E-state index contributed by atoms with van der Waals surface area (Å²) < 4.78 is 0. The standard InChI is InChI=1S/C22H18O10/c23-16-7-6-13(10-15(16)17(24)25)22(32,12-4-2-1-3-5-12)14-8-9-21(30,31)20(11-14,18(26)27)19(28)29/h1-11,23,30-32H,(H,24,25)(H,26,27)(H,28,29). The molecule has 1 aliphatic rings. The van der Waals surface area contributed by atoms with E-state index < -0.39 is 46.0 Å². The van der Waals surface area contributed by atoms with Crippen LogP contribution in [0.2, 0.25) is 0 Å². The van der Waals surface area contributed by atoms with Crippen LogP contribution in [0.3, 0.4) is 0 Å². The third-order valence-corrected chi connectivity index (χ3v) is 5.38. The molecule has 0 aromatic heterocycles. The summed E-state index contributed by atoms with van der Waals surface area (Å²) in [5.41, 5.74) is -6.63. The average molecular weight is 442 g/mol. The van der Waals surface area contributed by atoms with Crippen molar-refractivity contribution in [2.75, 3.05) is 0 Å². The lowest BCUT2D eigenvalue weighted by Crippen LogP contribution is -2.58. The van der Waals surface area contributed by atoms with Crippen molar-refractivity contribution in [1.29, 1.82) is 0 Å². The molecule has 0 saturated carbocycles. The third kappa shape index (κ3) is 3.23. The Bertz CT molecular complexity index is 1150. The predicted molar refractivity (Wildman–Crippen MR) is 107 cm³/mol. The number of aliphatic carboxylic acids is 2. The average Bonchev–Trinajstić information content (AvgIpc) is 2.73. The maximum atomic E-state index is 11.9. The lowest BCUT2D eigenvalue weighted by molar-refractivity contribution is -0.214. The topological polar surface area (TPSA) is 193 Å². The summed E-state index contributed by atoms with van der Waals surface area (Å²) in [5, 5.41) is 70.5. The van der Waals surface area contributed by atoms with Crippen LogP contribution < -0.4 is 0 Å². The van der Waals surface area contributed by atoms with Gasteiger partial charge in [-0.15, -0.1) is 0 Å². The van der Waals surface area contributed by atoms with Gasteiger partial charge >= 0.3 is 17.9 Å². The molecule has 2 aromatic carbocycles. The van der Waals surface area contributed by atoms with E-state index in [9.17, 15) is 50.1 Å². The largest absolute Gasteiger partial charge is 0.507 e. The van der Waals surface area contributed by atoms with E-state index in [-0.39, 0.29) is 16.7 Å². The molecule has 7 N–H and O–H groups in total. The lowest BCUT2D eigenvalue weighted by Gasteiger charge is -2.39. The van der Waals surface area contributed by atoms with Crippen LogP contribution in [0.4, 0.5) is 0 Å². The van der Waals surface area contributed by atoms with Crippen molar-refractivity contribution in [3.8, 4) is 5.75 Å². The number of carboxylic acid groups (broad SMARTS) is 3. The minimum Gasteiger partial charge on any atom is -0.507 e. The number of benzene rings is 2. The van der Waals surface area contributed by atoms with Crippen molar-refractivity contribution in [2.24, 2.45) is 5.41 Å². The second-order valence-electron chi connectivity index (χ2n) is 7.19. The van der Waals surface area contributed by atoms with Gasteiger partial charge in [-0.3, -0.25) is 9.59 Å². The van der Waals surface area contributed by atoms with Gasteiger partial charge in [-0.25, -0.2) is 4.79 Å². The van der Waals surface area contributed by atoms with E-state index in [1.807, 2.05) is 0 Å². The number of hydrogen-bond acceptors (Lipinski definition) is 7. The fourth-order valence-electron chi connectivity index (χ4n) is 3.59. The van der Waals surface area contributed by atoms with Gasteiger partial charge in [0.15, 0.2) is 0 Å². The zero-order chi connectivity index (χ0) is 23.9. The summed E-state index contributed by atoms with van der Waals surface area (Å²) in [7, 11) is 0. The molecule has 166 valence electrons. The number of carboxylic acids is 3. The SMILES string of the molecule is O=C(O)c1cc(C(O)(C2=CC(C(=O)O)(C(=O)O)C(O)(O)C=C2)c2ccccc2)ccc1O. The zero-order valence-corrected chi connectivity index (χ0v) is 16.2. The molecule has 0 bridgehead atoms. The number of phenols is 1. The summed E-state index contributed by atoms with van der Waals surface area (Å²) in [6.45, 7) is 0. The van der Waals surface area contributed by atoms with Crippen molar-refractivity contribution in [2.45, 2.75) is 11.4 Å². The number of aromatic hydroxyl groups is 1. The van der Waals surface area contributed by atoms with Gasteiger partial charge in [-0.2, -0.15) is 0 Å². The zero-order valence-electron chi connectivity index (χ0n) is 16.2. The summed E-state index contributed by atoms with van der Waals surface area (Å²) in [4.78, 5) is 35.3. The number of rotatable bonds is 6. The first-order chi connectivity index (χ1) is 14.9. The van der Waals surface area contributed by atoms with Crippen molar-refractivity contribution in [1.82, 2.24) is 0 Å². The minimum atomic E-state index is -3.34. The molecule has 3 rings (SSSR count). The molecule has 0 radical (unpaired) electrons. The van der Waals surface area contributed by atoms with Crippen LogP contribution >= 0.6 is 0 Å². The Morgan fingerprint density at radius 1 is 0.844 bits per heavy atom. The molecule has 0 fully saturated rings. The van der Waals surface area contributed by atoms with E-state index >= 15 is 0 Å². The van der Waals surface area contributed by atoms with Crippen LogP contribution in [0.5, 0.6) is 5.75 Å². The Hall–Kier alpha value is -3.99. The van der Waals surface area contributed by atoms with Crippen LogP contribution in [0, 0.1) is 5.41 Å². The Kier molecular flexibility index (Phi) is 5.39. The highest BCUT2D eigenvalue weighted by Crippen LogP contribution is 2.46. The summed E-state index contributed by atoms with van der Waals surface area (Å²) in [5.74, 6) is -9.66. The second kappa shape index (κ2) is 7.61. The molecule has 1 atom stereocenters. The predicted octanol–water partition coefficient (Wildman–Crippen LogP) is 0.659. The molecule has 2 aromatic rings. The number of carbonyl (C=O) groups is 3. The van der Waals surface area contributed by atoms with Crippen molar-refractivity contribution in [3.63, 3.8) is 0 Å². The Balaban J connectivity index is 2.39. The second-order valence-corrected chi connectivity index (χ2v) is 7.19. The molecule has 10 nitrogen and oxygen atoms in total. The Morgan fingerprint density at radius 2 is 1.44 bits per heavy atom. The first kappa shape index (κ1) is 22.7. The molecule has 32 heavy (non-hydrogen) atoms. The summed E-state index contributed by atoms with van der Waals surface area (Å²) in [6, 6.07) is 10.6. The number of hydrogen-bond donors (Lipinski definition) is 7. The lowest BCUT2D eigenvalue weighted by atomic mass is 9.69. The van der Waals surface area contributed by atoms with Crippen LogP contribution in [0.1, 0.15) is 21.5 Å². The number of aromatic carboxylic acids is 1. The van der Waals surface area contributed by atoms with Gasteiger partial charge in [0.05, 0.1) is 0 Å². The van der Waals surface area contributed by atoms with Crippen LogP contribution in [0.25, 0.3) is 0 Å². The minimum absolute atomic E-state index is 0.0889. The third-order valence-electron chi connectivity index (χ3n) is 5.38. The van der Waals surface area contributed by atoms with E-state index in [0.29, 0.717) is 12.2 Å². The van der Waals surface area contributed by atoms with Gasteiger partial charge in [-0.1, -0.05) is 42.5 Å². The monoisotopic (exact) mass is 442 g/mol. The van der Waals surface area contributed by atoms with Crippen LogP contribution in [0.15, 0.2) is 72.3 Å². The van der Waals surface area contributed by atoms with Crippen LogP contribution in [-0.2, 0) is 15.2 Å². The van der Waals surface area contributed by atoms with E-state index in [1.54, 1.807) is 6.07 Å². The maximum Gasteiger partial charge on any atom is 0.339 e. The molecule has 1 aliphatic carbocycles. The van der Waals surface area contributed by atoms with E-state index in [1.165, 1.54) is 30.3 Å². The summed E-state index contributed by atoms with van der Waals surface area (Å²) >= 11 is 0. The van der Waals surface area contributed by atoms with Crippen molar-refractivity contribution < 1.29 is 50.1 Å². The van der Waals surface area contributed by atoms with E-state index in [4.69, 9.17) is 0 Å². The highest BCUT2D eigenvalue weighted by Gasteiger charge is 2.62. The van der Waals surface area contributed by atoms with Crippen LogP contribution in [-0.4, -0.2) is 59.4 Å². The first-order valence-corrected chi connectivity index (χ1v) is 9.06. The van der Waals surface area contributed by atoms with E-state index in [0.717, 1.165) is 18.2 Å². The first-order valence-electron chi connectivity index (χ1n) is 9.06. The molecule has 0 spiro atoms. The molecule has 0 saturated heterocycles.